The van der Waals surface area contributed by atoms with Crippen molar-refractivity contribution in [2.45, 2.75) is 13.3 Å². The van der Waals surface area contributed by atoms with Crippen LogP contribution in [-0.4, -0.2) is 25.7 Å². The van der Waals surface area contributed by atoms with Crippen molar-refractivity contribution >= 4 is 41.5 Å². The molecule has 0 radical (unpaired) electrons. The van der Waals surface area contributed by atoms with Gasteiger partial charge in [0.2, 0.25) is 0 Å². The van der Waals surface area contributed by atoms with E-state index in [9.17, 15) is 0 Å². The van der Waals surface area contributed by atoms with Gasteiger partial charge >= 0.3 is 0 Å². The summed E-state index contributed by atoms with van der Waals surface area (Å²) in [5.41, 5.74) is 6.72. The van der Waals surface area contributed by atoms with Gasteiger partial charge in [-0.1, -0.05) is 17.7 Å². The lowest BCUT2D eigenvalue weighted by atomic mass is 10.1. The summed E-state index contributed by atoms with van der Waals surface area (Å²) >= 11 is 5.99. The minimum atomic E-state index is 0. The summed E-state index contributed by atoms with van der Waals surface area (Å²) < 4.78 is 5.55. The number of halogens is 2. The van der Waals surface area contributed by atoms with Crippen molar-refractivity contribution in [2.24, 2.45) is 10.7 Å². The van der Waals surface area contributed by atoms with E-state index in [1.54, 1.807) is 6.08 Å². The molecule has 1 aromatic rings. The van der Waals surface area contributed by atoms with E-state index in [1.165, 1.54) is 0 Å². The van der Waals surface area contributed by atoms with E-state index in [0.717, 1.165) is 17.7 Å². The fourth-order valence-corrected chi connectivity index (χ4v) is 1.76. The van der Waals surface area contributed by atoms with Crippen LogP contribution in [0, 0.1) is 0 Å². The molecule has 0 aromatic heterocycles. The third-order valence-corrected chi connectivity index (χ3v) is 2.65. The largest absolute Gasteiger partial charge is 0.494 e. The quantitative estimate of drug-likeness (QED) is 0.315. The maximum Gasteiger partial charge on any atom is 0.188 e. The summed E-state index contributed by atoms with van der Waals surface area (Å²) in [6.45, 7) is 7.36. The lowest BCUT2D eigenvalue weighted by Gasteiger charge is -2.10. The Kier molecular flexibility index (Phi) is 10.3. The zero-order valence-electron chi connectivity index (χ0n) is 11.6. The van der Waals surface area contributed by atoms with Crippen LogP contribution in [-0.2, 0) is 6.42 Å². The van der Waals surface area contributed by atoms with Gasteiger partial charge in [0.1, 0.15) is 5.75 Å². The van der Waals surface area contributed by atoms with Crippen molar-refractivity contribution in [3.8, 4) is 5.75 Å². The van der Waals surface area contributed by atoms with Crippen LogP contribution < -0.4 is 15.8 Å². The minimum absolute atomic E-state index is 0. The van der Waals surface area contributed by atoms with Crippen LogP contribution >= 0.6 is 35.6 Å². The number of guanidine groups is 1. The number of rotatable bonds is 7. The Bertz CT molecular complexity index is 452. The Morgan fingerprint density at radius 1 is 1.55 bits per heavy atom. The second kappa shape index (κ2) is 10.8. The molecule has 20 heavy (non-hydrogen) atoms. The maximum absolute atomic E-state index is 5.99. The first kappa shape index (κ1) is 19.1. The van der Waals surface area contributed by atoms with Gasteiger partial charge in [-0.05, 0) is 37.1 Å². The first-order valence-electron chi connectivity index (χ1n) is 6.23. The molecule has 1 aromatic carbocycles. The SMILES string of the molecule is C=CCNC(N)=NCCc1cc(Cl)ccc1OCC.I. The molecule has 0 unspecified atom stereocenters. The predicted molar refractivity (Wildman–Crippen MR) is 96.4 cm³/mol. The topological polar surface area (TPSA) is 59.6 Å². The van der Waals surface area contributed by atoms with Crippen molar-refractivity contribution in [1.29, 1.82) is 0 Å². The normalized spacial score (nSPS) is 10.6. The van der Waals surface area contributed by atoms with E-state index in [1.807, 2.05) is 25.1 Å². The van der Waals surface area contributed by atoms with Crippen molar-refractivity contribution in [3.05, 3.63) is 41.4 Å². The number of benzene rings is 1. The average molecular weight is 410 g/mol. The molecule has 0 saturated carbocycles. The zero-order valence-corrected chi connectivity index (χ0v) is 14.7. The summed E-state index contributed by atoms with van der Waals surface area (Å²) in [7, 11) is 0. The molecule has 0 fully saturated rings. The summed E-state index contributed by atoms with van der Waals surface area (Å²) in [4.78, 5) is 4.22. The van der Waals surface area contributed by atoms with E-state index >= 15 is 0 Å². The van der Waals surface area contributed by atoms with Gasteiger partial charge < -0.3 is 15.8 Å². The van der Waals surface area contributed by atoms with E-state index < -0.39 is 0 Å². The molecule has 0 aliphatic rings. The van der Waals surface area contributed by atoms with Crippen molar-refractivity contribution < 1.29 is 4.74 Å². The number of nitrogens with one attached hydrogen (secondary N) is 1. The number of nitrogens with two attached hydrogens (primary N) is 1. The molecule has 0 saturated heterocycles. The van der Waals surface area contributed by atoms with Gasteiger partial charge in [-0.25, -0.2) is 0 Å². The van der Waals surface area contributed by atoms with E-state index in [0.29, 0.717) is 30.7 Å². The van der Waals surface area contributed by atoms with Gasteiger partial charge in [0.15, 0.2) is 5.96 Å². The molecule has 0 atom stereocenters. The van der Waals surface area contributed by atoms with Gasteiger partial charge in [0.25, 0.3) is 0 Å². The fourth-order valence-electron chi connectivity index (χ4n) is 1.57. The van der Waals surface area contributed by atoms with E-state index in [4.69, 9.17) is 22.1 Å². The highest BCUT2D eigenvalue weighted by atomic mass is 127. The Morgan fingerprint density at radius 2 is 2.30 bits per heavy atom. The molecule has 0 bridgehead atoms. The van der Waals surface area contributed by atoms with Crippen LogP contribution in [0.4, 0.5) is 0 Å². The first-order valence-corrected chi connectivity index (χ1v) is 6.61. The predicted octanol–water partition coefficient (Wildman–Crippen LogP) is 2.99. The van der Waals surface area contributed by atoms with Gasteiger partial charge in [0.05, 0.1) is 6.61 Å². The standard InChI is InChI=1S/C14H20ClN3O.HI/c1-3-8-17-14(16)18-9-7-11-10-12(15)5-6-13(11)19-4-2;/h3,5-6,10H,1,4,7-9H2,2H3,(H3,16,17,18);1H. The minimum Gasteiger partial charge on any atom is -0.494 e. The molecule has 0 amide bonds. The smallest absolute Gasteiger partial charge is 0.188 e. The number of aliphatic imine (C=N–C) groups is 1. The summed E-state index contributed by atoms with van der Waals surface area (Å²) in [5, 5.41) is 3.62. The number of hydrogen-bond donors (Lipinski definition) is 2. The third kappa shape index (κ3) is 7.00. The van der Waals surface area contributed by atoms with Crippen LogP contribution in [0.3, 0.4) is 0 Å². The van der Waals surface area contributed by atoms with Gasteiger partial charge in [-0.15, -0.1) is 30.6 Å². The molecular formula is C14H21ClIN3O. The molecule has 0 heterocycles. The Balaban J connectivity index is 0.00000361. The second-order valence-corrected chi connectivity index (χ2v) is 4.31. The second-order valence-electron chi connectivity index (χ2n) is 3.87. The molecule has 4 nitrogen and oxygen atoms in total. The first-order chi connectivity index (χ1) is 9.17. The highest BCUT2D eigenvalue weighted by Gasteiger charge is 2.04. The molecular weight excluding hydrogens is 389 g/mol. The summed E-state index contributed by atoms with van der Waals surface area (Å²) in [6.07, 6.45) is 2.46. The van der Waals surface area contributed by atoms with Crippen LogP contribution in [0.15, 0.2) is 35.8 Å². The Morgan fingerprint density at radius 3 is 2.95 bits per heavy atom. The van der Waals surface area contributed by atoms with Crippen molar-refractivity contribution in [2.75, 3.05) is 19.7 Å². The highest BCUT2D eigenvalue weighted by molar-refractivity contribution is 14.0. The Labute approximate surface area is 142 Å². The van der Waals surface area contributed by atoms with Crippen LogP contribution in [0.1, 0.15) is 12.5 Å². The number of ether oxygens (including phenoxy) is 1. The molecule has 0 aliphatic heterocycles. The van der Waals surface area contributed by atoms with Crippen LogP contribution in [0.2, 0.25) is 5.02 Å². The van der Waals surface area contributed by atoms with E-state index in [2.05, 4.69) is 16.9 Å². The monoisotopic (exact) mass is 409 g/mol. The molecule has 0 spiro atoms. The molecule has 112 valence electrons. The molecule has 3 N–H and O–H groups in total. The van der Waals surface area contributed by atoms with Gasteiger partial charge in [-0.2, -0.15) is 0 Å². The third-order valence-electron chi connectivity index (χ3n) is 2.41. The number of nitrogens with zero attached hydrogens (tertiary/aromatic N) is 1. The number of hydrogen-bond acceptors (Lipinski definition) is 2. The molecule has 0 aliphatic carbocycles. The van der Waals surface area contributed by atoms with Crippen molar-refractivity contribution in [3.63, 3.8) is 0 Å². The molecule has 6 heteroatoms. The van der Waals surface area contributed by atoms with Crippen LogP contribution in [0.25, 0.3) is 0 Å². The maximum atomic E-state index is 5.99. The fraction of sp³-hybridized carbons (Fsp3) is 0.357. The van der Waals surface area contributed by atoms with E-state index in [-0.39, 0.29) is 24.0 Å². The Hall–Kier alpha value is -0.950. The summed E-state index contributed by atoms with van der Waals surface area (Å²) in [5.74, 6) is 1.26. The lowest BCUT2D eigenvalue weighted by Crippen LogP contribution is -2.31. The lowest BCUT2D eigenvalue weighted by molar-refractivity contribution is 0.336. The summed E-state index contributed by atoms with van der Waals surface area (Å²) in [6, 6.07) is 5.60. The zero-order chi connectivity index (χ0) is 14.1. The van der Waals surface area contributed by atoms with Gasteiger partial charge in [0, 0.05) is 18.1 Å². The average Bonchev–Trinajstić information content (AvgIpc) is 2.39. The van der Waals surface area contributed by atoms with Gasteiger partial charge in [-0.3, -0.25) is 4.99 Å². The highest BCUT2D eigenvalue weighted by Crippen LogP contribution is 2.23. The molecule has 1 rings (SSSR count). The van der Waals surface area contributed by atoms with Crippen molar-refractivity contribution in [1.82, 2.24) is 5.32 Å². The van der Waals surface area contributed by atoms with Crippen LogP contribution in [0.5, 0.6) is 5.75 Å².